The number of aromatic nitrogens is 1. The molecule has 0 saturated carbocycles. The third kappa shape index (κ3) is 4.82. The van der Waals surface area contributed by atoms with Gasteiger partial charge in [-0.05, 0) is 24.3 Å². The van der Waals surface area contributed by atoms with Gasteiger partial charge >= 0.3 is 6.36 Å². The van der Waals surface area contributed by atoms with Crippen molar-refractivity contribution in [3.8, 4) is 5.75 Å². The minimum atomic E-state index is -4.75. The normalized spacial score (nSPS) is 16.6. The van der Waals surface area contributed by atoms with Crippen LogP contribution in [-0.4, -0.2) is 62.1 Å². The van der Waals surface area contributed by atoms with Crippen LogP contribution in [0.4, 0.5) is 18.9 Å². The molecule has 0 amide bonds. The third-order valence-corrected chi connectivity index (χ3v) is 5.84. The zero-order valence-electron chi connectivity index (χ0n) is 17.8. The number of piperazine rings is 1. The molecular formula is C23H24F3N5O2. The fourth-order valence-corrected chi connectivity index (χ4v) is 4.26. The average molecular weight is 459 g/mol. The van der Waals surface area contributed by atoms with Gasteiger partial charge in [-0.1, -0.05) is 18.2 Å². The van der Waals surface area contributed by atoms with Crippen LogP contribution in [0.25, 0.3) is 16.5 Å². The number of rotatable bonds is 7. The predicted molar refractivity (Wildman–Crippen MR) is 118 cm³/mol. The van der Waals surface area contributed by atoms with Crippen LogP contribution in [0, 0.1) is 0 Å². The van der Waals surface area contributed by atoms with Gasteiger partial charge in [-0.2, -0.15) is 0 Å². The Balaban J connectivity index is 1.45. The van der Waals surface area contributed by atoms with Crippen molar-refractivity contribution < 1.29 is 22.7 Å². The highest BCUT2D eigenvalue weighted by molar-refractivity contribution is 5.99. The van der Waals surface area contributed by atoms with Gasteiger partial charge in [0.25, 0.3) is 0 Å². The highest BCUT2D eigenvalue weighted by Crippen LogP contribution is 2.32. The molecule has 2 aromatic carbocycles. The summed E-state index contributed by atoms with van der Waals surface area (Å²) < 4.78 is 42.3. The van der Waals surface area contributed by atoms with Gasteiger partial charge in [0.05, 0.1) is 29.9 Å². The summed E-state index contributed by atoms with van der Waals surface area (Å²) in [4.78, 5) is 16.0. The average Bonchev–Trinajstić information content (AvgIpc) is 3.37. The maximum Gasteiger partial charge on any atom is 0.573 e. The molecule has 0 atom stereocenters. The molecule has 0 spiro atoms. The van der Waals surface area contributed by atoms with Gasteiger partial charge in [0, 0.05) is 54.4 Å². The lowest BCUT2D eigenvalue weighted by Crippen LogP contribution is -2.44. The van der Waals surface area contributed by atoms with E-state index in [1.807, 2.05) is 24.3 Å². The number of halogens is 3. The van der Waals surface area contributed by atoms with E-state index >= 15 is 0 Å². The summed E-state index contributed by atoms with van der Waals surface area (Å²) in [5.41, 5.74) is 6.24. The van der Waals surface area contributed by atoms with Gasteiger partial charge in [0.2, 0.25) is 0 Å². The van der Waals surface area contributed by atoms with Crippen LogP contribution < -0.4 is 26.1 Å². The Morgan fingerprint density at radius 2 is 1.91 bits per heavy atom. The van der Waals surface area contributed by atoms with Gasteiger partial charge in [-0.25, -0.2) is 0 Å². The maximum absolute atomic E-state index is 12.7. The van der Waals surface area contributed by atoms with Gasteiger partial charge in [0.15, 0.2) is 0 Å². The molecule has 3 heterocycles. The number of hydrogen-bond donors (Lipinski definition) is 3. The second kappa shape index (κ2) is 9.05. The lowest BCUT2D eigenvalue weighted by molar-refractivity contribution is -0.274. The molecule has 0 unspecified atom stereocenters. The smallest absolute Gasteiger partial charge is 0.406 e. The summed E-state index contributed by atoms with van der Waals surface area (Å²) in [6.07, 6.45) is -4.75. The van der Waals surface area contributed by atoms with E-state index in [0.29, 0.717) is 23.7 Å². The van der Waals surface area contributed by atoms with E-state index in [9.17, 15) is 13.2 Å². The molecule has 1 aromatic heterocycles. The second-order valence-corrected chi connectivity index (χ2v) is 7.98. The van der Waals surface area contributed by atoms with Crippen LogP contribution in [0.2, 0.25) is 0 Å². The number of aromatic amines is 1. The number of benzene rings is 2. The summed E-state index contributed by atoms with van der Waals surface area (Å²) in [6.45, 7) is 5.56. The number of hydrogen-bond acceptors (Lipinski definition) is 6. The minimum absolute atomic E-state index is 0.270. The molecule has 0 aliphatic carbocycles. The molecular weight excluding hydrogens is 435 g/mol. The molecule has 7 nitrogen and oxygen atoms in total. The topological polar surface area (TPSA) is 73.9 Å². The highest BCUT2D eigenvalue weighted by Gasteiger charge is 2.31. The van der Waals surface area contributed by atoms with Crippen molar-refractivity contribution >= 4 is 22.2 Å². The van der Waals surface area contributed by atoms with Crippen molar-refractivity contribution in [3.05, 3.63) is 58.7 Å². The van der Waals surface area contributed by atoms with Gasteiger partial charge in [-0.3, -0.25) is 20.2 Å². The van der Waals surface area contributed by atoms with E-state index in [-0.39, 0.29) is 5.75 Å². The molecule has 2 aliphatic rings. The minimum Gasteiger partial charge on any atom is -0.406 e. The summed E-state index contributed by atoms with van der Waals surface area (Å²) in [5, 5.41) is 5.49. The van der Waals surface area contributed by atoms with E-state index in [2.05, 4.69) is 30.4 Å². The first-order valence-corrected chi connectivity index (χ1v) is 10.8. The molecule has 1 fully saturated rings. The second-order valence-electron chi connectivity index (χ2n) is 7.98. The Hall–Kier alpha value is -3.08. The number of nitrogens with one attached hydrogen (secondary N) is 3. The Kier molecular flexibility index (Phi) is 5.96. The lowest BCUT2D eigenvalue weighted by Gasteiger charge is -2.26. The van der Waals surface area contributed by atoms with Crippen LogP contribution in [0.15, 0.2) is 47.5 Å². The third-order valence-electron chi connectivity index (χ3n) is 5.84. The fraction of sp³-hybridized carbons (Fsp3) is 0.348. The van der Waals surface area contributed by atoms with Crippen LogP contribution in [0.1, 0.15) is 5.69 Å². The Morgan fingerprint density at radius 1 is 1.09 bits per heavy atom. The summed E-state index contributed by atoms with van der Waals surface area (Å²) >= 11 is 0. The molecule has 0 bridgehead atoms. The maximum atomic E-state index is 12.7. The summed E-state index contributed by atoms with van der Waals surface area (Å²) in [6, 6.07) is 12.0. The number of fused-ring (bicyclic) bond motifs is 2. The van der Waals surface area contributed by atoms with Crippen LogP contribution in [0.3, 0.4) is 0 Å². The van der Waals surface area contributed by atoms with Crippen molar-refractivity contribution in [1.29, 1.82) is 0 Å². The standard InChI is InChI=1S/C23H24F3N5O2/c24-23(25,26)33-15-5-6-19-17(13-15)18(14-28-19)21-22(16-3-1-2-4-20(16)29-21)30-32-12-11-31-9-7-27-8-10-31/h1-6,13,27,29-30H,7-12,14H2. The van der Waals surface area contributed by atoms with E-state index in [4.69, 9.17) is 4.84 Å². The Bertz CT molecular complexity index is 1270. The van der Waals surface area contributed by atoms with E-state index in [1.54, 1.807) is 6.07 Å². The summed E-state index contributed by atoms with van der Waals surface area (Å²) in [7, 11) is 0. The molecule has 3 N–H and O–H groups in total. The molecule has 0 radical (unpaired) electrons. The van der Waals surface area contributed by atoms with E-state index in [1.165, 1.54) is 12.1 Å². The van der Waals surface area contributed by atoms with Gasteiger partial charge in [-0.15, -0.1) is 13.2 Å². The quantitative estimate of drug-likeness (QED) is 0.373. The van der Waals surface area contributed by atoms with E-state index in [0.717, 1.165) is 60.6 Å². The first kappa shape index (κ1) is 21.7. The largest absolute Gasteiger partial charge is 0.573 e. The first-order valence-electron chi connectivity index (χ1n) is 10.8. The van der Waals surface area contributed by atoms with E-state index < -0.39 is 6.36 Å². The molecule has 33 heavy (non-hydrogen) atoms. The van der Waals surface area contributed by atoms with Gasteiger partial charge < -0.3 is 15.0 Å². The van der Waals surface area contributed by atoms with Crippen LogP contribution >= 0.6 is 0 Å². The lowest BCUT2D eigenvalue weighted by atomic mass is 10.1. The number of para-hydroxylation sites is 1. The number of nitrogens with zero attached hydrogens (tertiary/aromatic N) is 2. The number of anilines is 1. The Morgan fingerprint density at radius 3 is 2.73 bits per heavy atom. The first-order chi connectivity index (χ1) is 16.0. The predicted octanol–water partition coefficient (Wildman–Crippen LogP) is 2.15. The SMILES string of the molecule is FC(F)(F)Oc1ccc2c(c1)=C(c1[nH]c3ccccc3c1NOCCN1CCNCC1)CN=2. The monoisotopic (exact) mass is 459 g/mol. The van der Waals surface area contributed by atoms with Crippen molar-refractivity contribution in [1.82, 2.24) is 15.2 Å². The molecule has 3 aromatic rings. The number of alkyl halides is 3. The number of H-pyrrole nitrogens is 1. The zero-order valence-corrected chi connectivity index (χ0v) is 17.8. The zero-order chi connectivity index (χ0) is 22.8. The molecule has 174 valence electrons. The van der Waals surface area contributed by atoms with Crippen LogP contribution in [0.5, 0.6) is 5.75 Å². The van der Waals surface area contributed by atoms with Crippen molar-refractivity contribution in [3.63, 3.8) is 0 Å². The van der Waals surface area contributed by atoms with Crippen molar-refractivity contribution in [2.24, 2.45) is 4.99 Å². The van der Waals surface area contributed by atoms with Gasteiger partial charge in [0.1, 0.15) is 5.75 Å². The molecule has 1 saturated heterocycles. The molecule has 5 rings (SSSR count). The highest BCUT2D eigenvalue weighted by atomic mass is 19.4. The fourth-order valence-electron chi connectivity index (χ4n) is 4.26. The summed E-state index contributed by atoms with van der Waals surface area (Å²) in [5.74, 6) is -0.270. The van der Waals surface area contributed by atoms with Crippen molar-refractivity contribution in [2.45, 2.75) is 6.36 Å². The Labute approximate surface area is 187 Å². The van der Waals surface area contributed by atoms with Crippen molar-refractivity contribution in [2.75, 3.05) is 51.4 Å². The molecule has 10 heteroatoms. The van der Waals surface area contributed by atoms with Crippen LogP contribution in [-0.2, 0) is 4.84 Å². The number of ether oxygens (including phenoxy) is 1. The molecule has 2 aliphatic heterocycles.